The van der Waals surface area contributed by atoms with Gasteiger partial charge in [-0.1, -0.05) is 130 Å². The summed E-state index contributed by atoms with van der Waals surface area (Å²) in [6, 6.07) is 39.9. The highest BCUT2D eigenvalue weighted by Gasteiger charge is 2.58. The fourth-order valence-corrected chi connectivity index (χ4v) is 14.5. The van der Waals surface area contributed by atoms with Crippen molar-refractivity contribution < 1.29 is 38.1 Å². The number of non-ortho nitro benzene ring substituents is 1. The van der Waals surface area contributed by atoms with Gasteiger partial charge in [-0.05, 0) is 93.0 Å². The van der Waals surface area contributed by atoms with E-state index in [1.807, 2.05) is 72.8 Å². The second-order valence-corrected chi connectivity index (χ2v) is 21.6. The number of phenols is 1. The van der Waals surface area contributed by atoms with Crippen LogP contribution >= 0.6 is 0 Å². The summed E-state index contributed by atoms with van der Waals surface area (Å²) in [6.45, 7) is 6.69. The summed E-state index contributed by atoms with van der Waals surface area (Å²) >= 11 is 0. The third-order valence-corrected chi connectivity index (χ3v) is 17.6. The maximum Gasteiger partial charge on any atom is 0.455 e. The molecule has 5 aromatic carbocycles. The summed E-state index contributed by atoms with van der Waals surface area (Å²) < 4.78 is 28.5. The predicted molar refractivity (Wildman–Crippen MR) is 241 cm³/mol. The normalized spacial score (nSPS) is 20.6. The average molecular weight is 851 g/mol. The first-order chi connectivity index (χ1) is 29.8. The Morgan fingerprint density at radius 2 is 1.55 bits per heavy atom. The number of carbonyl (C=O) groups is 2. The molecular formula is C49H48BFN2O8Si. The summed E-state index contributed by atoms with van der Waals surface area (Å²) in [6.07, 6.45) is 2.20. The van der Waals surface area contributed by atoms with E-state index >= 15 is 0 Å². The fourth-order valence-electron chi connectivity index (χ4n) is 9.91. The number of nitrogens with zero attached hydrogens (tertiary/aromatic N) is 2. The van der Waals surface area contributed by atoms with E-state index in [1.54, 1.807) is 6.07 Å². The number of nitro benzene ring substituents is 1. The molecule has 0 spiro atoms. The van der Waals surface area contributed by atoms with E-state index in [9.17, 15) is 34.2 Å². The Labute approximate surface area is 361 Å². The van der Waals surface area contributed by atoms with Gasteiger partial charge in [-0.15, -0.1) is 0 Å². The molecule has 8 rings (SSSR count). The van der Waals surface area contributed by atoms with Gasteiger partial charge in [0.1, 0.15) is 0 Å². The Bertz CT molecular complexity index is 2510. The Hall–Kier alpha value is -5.99. The zero-order valence-electron chi connectivity index (χ0n) is 34.8. The molecule has 4 atom stereocenters. The maximum absolute atomic E-state index is 14.6. The minimum Gasteiger partial charge on any atom is -0.505 e. The number of benzene rings is 5. The number of anilines is 1. The molecule has 2 N–H and O–H groups in total. The smallest absolute Gasteiger partial charge is 0.455 e. The van der Waals surface area contributed by atoms with Crippen molar-refractivity contribution in [3.05, 3.63) is 172 Å². The summed E-state index contributed by atoms with van der Waals surface area (Å²) in [7, 11) is -4.37. The Kier molecular flexibility index (Phi) is 12.0. The number of hydrogen-bond acceptors (Lipinski definition) is 8. The quantitative estimate of drug-likeness (QED) is 0.0319. The van der Waals surface area contributed by atoms with Gasteiger partial charge in [-0.25, -0.2) is 9.29 Å². The molecule has 0 bridgehead atoms. The number of phenolic OH excluding ortho intramolecular Hbond substituents is 1. The average Bonchev–Trinajstić information content (AvgIpc) is 3.52. The van der Waals surface area contributed by atoms with Gasteiger partial charge >= 0.3 is 7.12 Å². The molecule has 0 aromatic heterocycles. The first-order valence-electron chi connectivity index (χ1n) is 20.9. The van der Waals surface area contributed by atoms with Crippen LogP contribution < -0.4 is 15.3 Å². The standard InChI is InChI=1S/C49H48BFN2O8Si/c1-49(2,3)62(38-18-9-5-10-19-38,39-20-11-6-12-21-39)60-31-35-28-40-46(48(56)52(47(40)55)36-16-13-17-37(29-36)53(58)59)41-30-50(57)61-44(45(35)41)25-23-34(33-14-7-4-8-15-33)26-32-22-24-43(54)42(51)27-32/h4-22,24,26-27,29,40-41,44,46,54,57H,23,25,28,30-31H2,1-3H3/b34-26-/t40-,41+,44-,46-/m1/s1. The number of fused-ring (bicyclic) bond motifs is 3. The van der Waals surface area contributed by atoms with Crippen LogP contribution in [-0.2, 0) is 18.7 Å². The van der Waals surface area contributed by atoms with Crippen LogP contribution in [0, 0.1) is 33.7 Å². The highest BCUT2D eigenvalue weighted by atomic mass is 28.4. The number of halogens is 1. The lowest BCUT2D eigenvalue weighted by Gasteiger charge is -2.46. The lowest BCUT2D eigenvalue weighted by atomic mass is 9.58. The Balaban J connectivity index is 1.23. The number of hydrogen-bond donors (Lipinski definition) is 2. The van der Waals surface area contributed by atoms with Crippen molar-refractivity contribution in [2.24, 2.45) is 17.8 Å². The van der Waals surface area contributed by atoms with E-state index in [1.165, 1.54) is 36.4 Å². The van der Waals surface area contributed by atoms with Crippen LogP contribution in [0.15, 0.2) is 145 Å². The topological polar surface area (TPSA) is 139 Å². The molecular weight excluding hydrogens is 802 g/mol. The second kappa shape index (κ2) is 17.4. The van der Waals surface area contributed by atoms with Gasteiger partial charge < -0.3 is 19.2 Å². The second-order valence-electron chi connectivity index (χ2n) is 17.3. The van der Waals surface area contributed by atoms with E-state index in [2.05, 4.69) is 45.0 Å². The van der Waals surface area contributed by atoms with Crippen LogP contribution in [0.2, 0.25) is 11.4 Å². The molecule has 0 saturated carbocycles. The summed E-state index contributed by atoms with van der Waals surface area (Å²) in [5.74, 6) is -4.36. The number of rotatable bonds is 12. The summed E-state index contributed by atoms with van der Waals surface area (Å²) in [5, 5.41) is 34.9. The van der Waals surface area contributed by atoms with Crippen molar-refractivity contribution in [2.45, 2.75) is 57.5 Å². The number of carbonyl (C=O) groups excluding carboxylic acids is 2. The van der Waals surface area contributed by atoms with E-state index in [-0.39, 0.29) is 35.8 Å². The molecule has 1 aliphatic carbocycles. The van der Waals surface area contributed by atoms with Gasteiger partial charge in [0.05, 0.1) is 35.2 Å². The molecule has 2 fully saturated rings. The minimum atomic E-state index is -3.11. The van der Waals surface area contributed by atoms with Crippen LogP contribution in [0.1, 0.15) is 51.2 Å². The van der Waals surface area contributed by atoms with Gasteiger partial charge in [-0.3, -0.25) is 19.7 Å². The first kappa shape index (κ1) is 42.7. The van der Waals surface area contributed by atoms with Gasteiger partial charge in [0.2, 0.25) is 11.8 Å². The summed E-state index contributed by atoms with van der Waals surface area (Å²) in [4.78, 5) is 41.5. The molecule has 62 heavy (non-hydrogen) atoms. The molecule has 0 unspecified atom stereocenters. The molecule has 2 heterocycles. The zero-order valence-corrected chi connectivity index (χ0v) is 35.8. The van der Waals surface area contributed by atoms with Crippen molar-refractivity contribution in [3.8, 4) is 5.75 Å². The van der Waals surface area contributed by atoms with Crippen molar-refractivity contribution in [1.82, 2.24) is 0 Å². The monoisotopic (exact) mass is 850 g/mol. The van der Waals surface area contributed by atoms with Crippen LogP contribution in [0.4, 0.5) is 15.8 Å². The van der Waals surface area contributed by atoms with E-state index < -0.39 is 67.6 Å². The van der Waals surface area contributed by atoms with Gasteiger partial charge in [-0.2, -0.15) is 0 Å². The molecule has 2 aliphatic heterocycles. The van der Waals surface area contributed by atoms with Crippen LogP contribution in [0.5, 0.6) is 5.75 Å². The van der Waals surface area contributed by atoms with Crippen LogP contribution in [-0.4, -0.2) is 55.0 Å². The zero-order chi connectivity index (χ0) is 43.8. The van der Waals surface area contributed by atoms with Gasteiger partial charge in [0.15, 0.2) is 11.6 Å². The van der Waals surface area contributed by atoms with E-state index in [0.29, 0.717) is 18.4 Å². The molecule has 2 amide bonds. The maximum atomic E-state index is 14.6. The van der Waals surface area contributed by atoms with E-state index in [4.69, 9.17) is 9.08 Å². The summed E-state index contributed by atoms with van der Waals surface area (Å²) in [5.41, 5.74) is 3.84. The molecule has 316 valence electrons. The van der Waals surface area contributed by atoms with Crippen LogP contribution in [0.25, 0.3) is 11.6 Å². The number of aromatic hydroxyl groups is 1. The van der Waals surface area contributed by atoms with Crippen molar-refractivity contribution in [3.63, 3.8) is 0 Å². The first-order valence-corrected chi connectivity index (χ1v) is 22.8. The molecule has 0 radical (unpaired) electrons. The minimum absolute atomic E-state index is 0.0612. The molecule has 10 nitrogen and oxygen atoms in total. The molecule has 3 aliphatic rings. The number of imide groups is 1. The van der Waals surface area contributed by atoms with Crippen LogP contribution in [0.3, 0.4) is 0 Å². The van der Waals surface area contributed by atoms with Gasteiger partial charge in [0, 0.05) is 12.1 Å². The van der Waals surface area contributed by atoms with Gasteiger partial charge in [0.25, 0.3) is 14.0 Å². The lowest BCUT2D eigenvalue weighted by molar-refractivity contribution is -0.384. The van der Waals surface area contributed by atoms with Crippen molar-refractivity contribution in [2.75, 3.05) is 11.5 Å². The van der Waals surface area contributed by atoms with E-state index in [0.717, 1.165) is 37.6 Å². The Morgan fingerprint density at radius 1 is 0.903 bits per heavy atom. The van der Waals surface area contributed by atoms with Crippen molar-refractivity contribution in [1.29, 1.82) is 0 Å². The largest absolute Gasteiger partial charge is 0.505 e. The molecule has 13 heteroatoms. The number of amides is 2. The predicted octanol–water partition coefficient (Wildman–Crippen LogP) is 8.34. The highest BCUT2D eigenvalue weighted by molar-refractivity contribution is 6.99. The fraction of sp³-hybridized carbons (Fsp3) is 0.265. The third kappa shape index (κ3) is 8.09. The molecule has 2 saturated heterocycles. The number of nitro groups is 1. The third-order valence-electron chi connectivity index (χ3n) is 12.6. The van der Waals surface area contributed by atoms with Crippen molar-refractivity contribution >= 4 is 60.6 Å². The highest BCUT2D eigenvalue weighted by Crippen LogP contribution is 2.52. The Morgan fingerprint density at radius 3 is 2.16 bits per heavy atom. The molecule has 5 aromatic rings. The SMILES string of the molecule is CC(C)(C)[Si](OCC1=C2[C@@H](CC/C(=C/c3ccc(O)c(F)c3)c3ccccc3)OB(O)C[C@@H]2[C@@H]2C(=O)N(c3cccc([N+](=O)[O-])c3)C(=O)[C@@H]2C1)(c1ccccc1)c1ccccc1. The lowest BCUT2D eigenvalue weighted by Crippen LogP contribution is -2.66. The number of allylic oxidation sites excluding steroid dienone is 1.